The van der Waals surface area contributed by atoms with Crippen molar-refractivity contribution >= 4 is 23.2 Å². The molecular formula is C15H18Cl2FN3. The van der Waals surface area contributed by atoms with Crippen LogP contribution < -0.4 is 5.32 Å². The third kappa shape index (κ3) is 3.57. The van der Waals surface area contributed by atoms with E-state index < -0.39 is 0 Å². The summed E-state index contributed by atoms with van der Waals surface area (Å²) in [6.45, 7) is 5.42. The standard InChI is InChI=1S/C15H18Cl2FN3/c1-3-7-21-15(12(17)9-20-21)14(19-4-2)11-8-10(16)5-6-13(11)18/h5-6,8-9,14,19H,3-4,7H2,1-2H3. The maximum Gasteiger partial charge on any atom is 0.128 e. The topological polar surface area (TPSA) is 29.9 Å². The minimum atomic E-state index is -0.379. The number of hydrogen-bond donors (Lipinski definition) is 1. The van der Waals surface area contributed by atoms with Gasteiger partial charge in [0.15, 0.2) is 0 Å². The van der Waals surface area contributed by atoms with E-state index in [0.29, 0.717) is 22.2 Å². The maximum absolute atomic E-state index is 14.2. The zero-order valence-electron chi connectivity index (χ0n) is 12.0. The third-order valence-corrected chi connectivity index (χ3v) is 3.75. The second-order valence-corrected chi connectivity index (χ2v) is 5.60. The average Bonchev–Trinajstić information content (AvgIpc) is 2.81. The summed E-state index contributed by atoms with van der Waals surface area (Å²) in [4.78, 5) is 0. The highest BCUT2D eigenvalue weighted by Gasteiger charge is 2.24. The Morgan fingerprint density at radius 1 is 1.33 bits per heavy atom. The van der Waals surface area contributed by atoms with Crippen molar-refractivity contribution in [3.05, 3.63) is 51.5 Å². The molecule has 3 nitrogen and oxygen atoms in total. The lowest BCUT2D eigenvalue weighted by Gasteiger charge is -2.21. The van der Waals surface area contributed by atoms with E-state index in [4.69, 9.17) is 23.2 Å². The van der Waals surface area contributed by atoms with Gasteiger partial charge < -0.3 is 5.32 Å². The SMILES string of the molecule is CCCn1ncc(Cl)c1C(NCC)c1cc(Cl)ccc1F. The van der Waals surface area contributed by atoms with Gasteiger partial charge in [0.2, 0.25) is 0 Å². The van der Waals surface area contributed by atoms with Gasteiger partial charge in [0.25, 0.3) is 0 Å². The molecule has 0 saturated carbocycles. The lowest BCUT2D eigenvalue weighted by atomic mass is 10.0. The Kier molecular flexibility index (Phi) is 5.62. The molecule has 1 heterocycles. The molecule has 2 rings (SSSR count). The van der Waals surface area contributed by atoms with Crippen molar-refractivity contribution in [1.29, 1.82) is 0 Å². The van der Waals surface area contributed by atoms with Crippen LogP contribution in [0.15, 0.2) is 24.4 Å². The highest BCUT2D eigenvalue weighted by atomic mass is 35.5. The first-order chi connectivity index (χ1) is 10.1. The van der Waals surface area contributed by atoms with E-state index in [1.54, 1.807) is 12.3 Å². The van der Waals surface area contributed by atoms with Crippen LogP contribution in [0.25, 0.3) is 0 Å². The molecule has 0 fully saturated rings. The van der Waals surface area contributed by atoms with Crippen molar-refractivity contribution in [3.63, 3.8) is 0 Å². The number of benzene rings is 1. The smallest absolute Gasteiger partial charge is 0.128 e. The van der Waals surface area contributed by atoms with Gasteiger partial charge in [-0.15, -0.1) is 0 Å². The Labute approximate surface area is 134 Å². The molecule has 0 spiro atoms. The molecular weight excluding hydrogens is 312 g/mol. The largest absolute Gasteiger partial charge is 0.305 e. The van der Waals surface area contributed by atoms with Crippen molar-refractivity contribution in [1.82, 2.24) is 15.1 Å². The fraction of sp³-hybridized carbons (Fsp3) is 0.400. The van der Waals surface area contributed by atoms with Gasteiger partial charge in [-0.1, -0.05) is 37.0 Å². The monoisotopic (exact) mass is 329 g/mol. The number of nitrogens with zero attached hydrogens (tertiary/aromatic N) is 2. The second kappa shape index (κ2) is 7.25. The molecule has 2 aromatic rings. The van der Waals surface area contributed by atoms with Crippen LogP contribution in [0, 0.1) is 5.82 Å². The van der Waals surface area contributed by atoms with Gasteiger partial charge in [-0.2, -0.15) is 5.10 Å². The number of nitrogens with one attached hydrogen (secondary N) is 1. The summed E-state index contributed by atoms with van der Waals surface area (Å²) in [7, 11) is 0. The normalized spacial score (nSPS) is 12.6. The molecule has 21 heavy (non-hydrogen) atoms. The van der Waals surface area contributed by atoms with Crippen LogP contribution in [-0.4, -0.2) is 16.3 Å². The highest BCUT2D eigenvalue weighted by Crippen LogP contribution is 2.31. The van der Waals surface area contributed by atoms with Gasteiger partial charge >= 0.3 is 0 Å². The first-order valence-electron chi connectivity index (χ1n) is 6.98. The molecule has 1 N–H and O–H groups in total. The van der Waals surface area contributed by atoms with Crippen molar-refractivity contribution in [2.75, 3.05) is 6.54 Å². The van der Waals surface area contributed by atoms with Crippen LogP contribution >= 0.6 is 23.2 Å². The zero-order chi connectivity index (χ0) is 15.4. The maximum atomic E-state index is 14.2. The third-order valence-electron chi connectivity index (χ3n) is 3.22. The van der Waals surface area contributed by atoms with E-state index in [9.17, 15) is 4.39 Å². The van der Waals surface area contributed by atoms with E-state index in [-0.39, 0.29) is 11.9 Å². The molecule has 0 aliphatic rings. The van der Waals surface area contributed by atoms with Crippen molar-refractivity contribution in [2.45, 2.75) is 32.9 Å². The zero-order valence-corrected chi connectivity index (χ0v) is 13.5. The Balaban J connectivity index is 2.53. The first kappa shape index (κ1) is 16.3. The lowest BCUT2D eigenvalue weighted by molar-refractivity contribution is 0.502. The van der Waals surface area contributed by atoms with E-state index in [1.807, 2.05) is 11.6 Å². The Morgan fingerprint density at radius 2 is 2.10 bits per heavy atom. The first-order valence-corrected chi connectivity index (χ1v) is 7.73. The average molecular weight is 330 g/mol. The van der Waals surface area contributed by atoms with E-state index in [1.165, 1.54) is 12.1 Å². The van der Waals surface area contributed by atoms with Gasteiger partial charge in [0.05, 0.1) is 23.0 Å². The minimum absolute atomic E-state index is 0.314. The van der Waals surface area contributed by atoms with Gasteiger partial charge in [-0.25, -0.2) is 4.39 Å². The van der Waals surface area contributed by atoms with Crippen molar-refractivity contribution < 1.29 is 4.39 Å². The second-order valence-electron chi connectivity index (χ2n) is 4.76. The van der Waals surface area contributed by atoms with Crippen LogP contribution in [-0.2, 0) is 6.54 Å². The number of hydrogen-bond acceptors (Lipinski definition) is 2. The van der Waals surface area contributed by atoms with Gasteiger partial charge in [-0.3, -0.25) is 4.68 Å². The molecule has 0 amide bonds. The van der Waals surface area contributed by atoms with Crippen molar-refractivity contribution in [2.24, 2.45) is 0 Å². The highest BCUT2D eigenvalue weighted by molar-refractivity contribution is 6.31. The van der Waals surface area contributed by atoms with Gasteiger partial charge in [-0.05, 0) is 31.2 Å². The van der Waals surface area contributed by atoms with Crippen LogP contribution in [0.4, 0.5) is 4.39 Å². The number of rotatable bonds is 6. The number of halogens is 3. The van der Waals surface area contributed by atoms with E-state index in [2.05, 4.69) is 17.3 Å². The summed E-state index contributed by atoms with van der Waals surface area (Å²) in [6.07, 6.45) is 2.52. The molecule has 1 aromatic carbocycles. The van der Waals surface area contributed by atoms with Crippen LogP contribution in [0.5, 0.6) is 0 Å². The summed E-state index contributed by atoms with van der Waals surface area (Å²) in [6, 6.07) is 4.16. The van der Waals surface area contributed by atoms with Crippen LogP contribution in [0.2, 0.25) is 10.0 Å². The van der Waals surface area contributed by atoms with E-state index >= 15 is 0 Å². The molecule has 1 aromatic heterocycles. The van der Waals surface area contributed by atoms with Crippen molar-refractivity contribution in [3.8, 4) is 0 Å². The molecule has 6 heteroatoms. The number of aryl methyl sites for hydroxylation is 1. The Bertz CT molecular complexity index is 613. The number of aromatic nitrogens is 2. The molecule has 1 unspecified atom stereocenters. The summed E-state index contributed by atoms with van der Waals surface area (Å²) in [5, 5.41) is 8.56. The molecule has 114 valence electrons. The lowest BCUT2D eigenvalue weighted by Crippen LogP contribution is -2.26. The van der Waals surface area contributed by atoms with Gasteiger partial charge in [0, 0.05) is 17.1 Å². The fourth-order valence-electron chi connectivity index (χ4n) is 2.34. The predicted molar refractivity (Wildman–Crippen MR) is 84.5 cm³/mol. The predicted octanol–water partition coefficient (Wildman–Crippen LogP) is 4.44. The summed E-state index contributed by atoms with van der Waals surface area (Å²) < 4.78 is 16.0. The molecule has 0 aliphatic heterocycles. The van der Waals surface area contributed by atoms with E-state index in [0.717, 1.165) is 18.7 Å². The van der Waals surface area contributed by atoms with Crippen LogP contribution in [0.3, 0.4) is 0 Å². The Hall–Kier alpha value is -1.10. The molecule has 0 bridgehead atoms. The molecule has 0 saturated heterocycles. The van der Waals surface area contributed by atoms with Gasteiger partial charge in [0.1, 0.15) is 5.82 Å². The molecule has 1 atom stereocenters. The summed E-state index contributed by atoms with van der Waals surface area (Å²) >= 11 is 12.3. The Morgan fingerprint density at radius 3 is 2.76 bits per heavy atom. The minimum Gasteiger partial charge on any atom is -0.305 e. The summed E-state index contributed by atoms with van der Waals surface area (Å²) in [5.41, 5.74) is 1.24. The quantitative estimate of drug-likeness (QED) is 0.849. The fourth-order valence-corrected chi connectivity index (χ4v) is 2.77. The molecule has 0 aliphatic carbocycles. The van der Waals surface area contributed by atoms with Crippen LogP contribution in [0.1, 0.15) is 37.6 Å². The summed E-state index contributed by atoms with van der Waals surface area (Å²) in [5.74, 6) is -0.314. The molecule has 0 radical (unpaired) electrons.